The summed E-state index contributed by atoms with van der Waals surface area (Å²) in [6, 6.07) is 14.6. The van der Waals surface area contributed by atoms with Crippen LogP contribution < -0.4 is 14.8 Å². The summed E-state index contributed by atoms with van der Waals surface area (Å²) in [6.07, 6.45) is 1.63. The summed E-state index contributed by atoms with van der Waals surface area (Å²) in [5.74, 6) is 0.512. The molecule has 1 amide bonds. The van der Waals surface area contributed by atoms with E-state index in [0.717, 1.165) is 16.8 Å². The highest BCUT2D eigenvalue weighted by Crippen LogP contribution is 2.46. The van der Waals surface area contributed by atoms with Crippen LogP contribution in [0.1, 0.15) is 30.5 Å². The summed E-state index contributed by atoms with van der Waals surface area (Å²) in [5, 5.41) is 5.55. The highest BCUT2D eigenvalue weighted by molar-refractivity contribution is 8.16. The first kappa shape index (κ1) is 26.1. The number of esters is 1. The molecule has 0 bridgehead atoms. The van der Waals surface area contributed by atoms with Crippen LogP contribution in [0.2, 0.25) is 0 Å². The molecule has 8 nitrogen and oxygen atoms in total. The molecule has 0 aromatic heterocycles. The quantitative estimate of drug-likeness (QED) is 0.359. The second kappa shape index (κ2) is 11.8. The first-order chi connectivity index (χ1) is 17.9. The number of amidine groups is 1. The number of carbonyl (C=O) groups excluding carboxylic acids is 2. The highest BCUT2D eigenvalue weighted by atomic mass is 32.2. The zero-order chi connectivity index (χ0) is 26.4. The van der Waals surface area contributed by atoms with Crippen molar-refractivity contribution < 1.29 is 23.8 Å². The number of fused-ring (bicyclic) bond motifs is 1. The van der Waals surface area contributed by atoms with Crippen molar-refractivity contribution in [1.29, 1.82) is 0 Å². The van der Waals surface area contributed by atoms with Crippen molar-refractivity contribution in [2.45, 2.75) is 25.9 Å². The minimum absolute atomic E-state index is 0.0691. The van der Waals surface area contributed by atoms with Crippen LogP contribution in [0.15, 0.2) is 88.6 Å². The lowest BCUT2D eigenvalue weighted by atomic mass is 9.93. The minimum atomic E-state index is -0.600. The van der Waals surface area contributed by atoms with Crippen molar-refractivity contribution in [3.63, 3.8) is 0 Å². The van der Waals surface area contributed by atoms with E-state index in [4.69, 9.17) is 14.2 Å². The predicted molar refractivity (Wildman–Crippen MR) is 144 cm³/mol. The van der Waals surface area contributed by atoms with Gasteiger partial charge in [0.2, 0.25) is 5.91 Å². The van der Waals surface area contributed by atoms with Gasteiger partial charge in [0.15, 0.2) is 5.17 Å². The third-order valence-corrected chi connectivity index (χ3v) is 6.81. The third-order valence-electron chi connectivity index (χ3n) is 5.92. The third kappa shape index (κ3) is 5.89. The second-order valence-corrected chi connectivity index (χ2v) is 9.20. The second-order valence-electron chi connectivity index (χ2n) is 8.37. The maximum Gasteiger partial charge on any atom is 0.338 e. The Morgan fingerprint density at radius 2 is 1.84 bits per heavy atom. The lowest BCUT2D eigenvalue weighted by Crippen LogP contribution is -2.38. The molecule has 2 aliphatic rings. The molecule has 1 N–H and O–H groups in total. The van der Waals surface area contributed by atoms with E-state index in [1.165, 1.54) is 17.8 Å². The Morgan fingerprint density at radius 1 is 1.14 bits per heavy atom. The number of hydrogen-bond acceptors (Lipinski definition) is 8. The monoisotopic (exact) mass is 519 g/mol. The van der Waals surface area contributed by atoms with E-state index in [0.29, 0.717) is 34.5 Å². The van der Waals surface area contributed by atoms with Gasteiger partial charge in [-0.25, -0.2) is 9.79 Å². The number of carbonyl (C=O) groups is 2. The largest absolute Gasteiger partial charge is 0.497 e. The molecule has 2 aromatic rings. The maximum atomic E-state index is 13.2. The maximum absolute atomic E-state index is 13.2. The van der Waals surface area contributed by atoms with Gasteiger partial charge in [-0.3, -0.25) is 4.79 Å². The fourth-order valence-electron chi connectivity index (χ4n) is 4.17. The summed E-state index contributed by atoms with van der Waals surface area (Å²) >= 11 is 1.41. The molecule has 192 valence electrons. The number of amides is 1. The van der Waals surface area contributed by atoms with Gasteiger partial charge in [0, 0.05) is 18.3 Å². The Morgan fingerprint density at radius 3 is 2.49 bits per heavy atom. The summed E-state index contributed by atoms with van der Waals surface area (Å²) in [5.41, 5.74) is 3.40. The fourth-order valence-corrected chi connectivity index (χ4v) is 5.13. The van der Waals surface area contributed by atoms with Crippen molar-refractivity contribution in [2.24, 2.45) is 4.99 Å². The summed E-state index contributed by atoms with van der Waals surface area (Å²) < 4.78 is 16.4. The zero-order valence-corrected chi connectivity index (χ0v) is 21.8. The average molecular weight is 520 g/mol. The number of aliphatic imine (C=N–C) groups is 1. The Balaban J connectivity index is 1.68. The molecule has 4 rings (SSSR count). The van der Waals surface area contributed by atoms with E-state index in [-0.39, 0.29) is 18.9 Å². The van der Waals surface area contributed by atoms with Crippen molar-refractivity contribution in [3.8, 4) is 11.5 Å². The Hall–Kier alpha value is -3.98. The van der Waals surface area contributed by atoms with E-state index in [1.54, 1.807) is 27.2 Å². The Kier molecular flexibility index (Phi) is 8.35. The molecular formula is C28H29N3O5S. The molecule has 37 heavy (non-hydrogen) atoms. The van der Waals surface area contributed by atoms with Crippen LogP contribution in [-0.4, -0.2) is 42.8 Å². The predicted octanol–water partition coefficient (Wildman–Crippen LogP) is 4.71. The number of hydrogen-bond donors (Lipinski definition) is 1. The number of ether oxygens (including phenoxy) is 3. The van der Waals surface area contributed by atoms with Gasteiger partial charge >= 0.3 is 5.97 Å². The number of rotatable bonds is 10. The van der Waals surface area contributed by atoms with Crippen LogP contribution in [0.25, 0.3) is 0 Å². The van der Waals surface area contributed by atoms with Gasteiger partial charge in [-0.1, -0.05) is 54.7 Å². The smallest absolute Gasteiger partial charge is 0.338 e. The molecule has 0 spiro atoms. The first-order valence-corrected chi connectivity index (χ1v) is 12.6. The lowest BCUT2D eigenvalue weighted by molar-refractivity contribution is -0.138. The number of nitrogens with one attached hydrogen (secondary N) is 1. The van der Waals surface area contributed by atoms with Crippen LogP contribution in [0.4, 0.5) is 0 Å². The fraction of sp³-hybridized carbons (Fsp3) is 0.250. The van der Waals surface area contributed by atoms with E-state index in [9.17, 15) is 9.59 Å². The molecule has 0 unspecified atom stereocenters. The van der Waals surface area contributed by atoms with Gasteiger partial charge in [-0.2, -0.15) is 0 Å². The Labute approximate surface area is 220 Å². The van der Waals surface area contributed by atoms with E-state index in [1.807, 2.05) is 52.8 Å². The highest BCUT2D eigenvalue weighted by Gasteiger charge is 2.41. The van der Waals surface area contributed by atoms with Crippen molar-refractivity contribution in [3.05, 3.63) is 94.7 Å². The molecule has 2 aliphatic heterocycles. The average Bonchev–Trinajstić information content (AvgIpc) is 3.31. The number of allylic oxidation sites excluding steroid dienone is 1. The molecule has 0 fully saturated rings. The van der Waals surface area contributed by atoms with E-state index in [2.05, 4.69) is 16.9 Å². The normalized spacial score (nSPS) is 16.4. The van der Waals surface area contributed by atoms with Gasteiger partial charge in [-0.05, 0) is 35.6 Å². The number of methoxy groups -OCH3 is 2. The molecule has 2 heterocycles. The van der Waals surface area contributed by atoms with Crippen molar-refractivity contribution in [2.75, 3.05) is 20.8 Å². The Bertz CT molecular complexity index is 1260. The molecule has 1 atom stereocenters. The lowest BCUT2D eigenvalue weighted by Gasteiger charge is -2.36. The molecule has 0 aliphatic carbocycles. The molecule has 0 saturated carbocycles. The van der Waals surface area contributed by atoms with E-state index < -0.39 is 12.0 Å². The van der Waals surface area contributed by atoms with Crippen molar-refractivity contribution in [1.82, 2.24) is 10.2 Å². The zero-order valence-electron chi connectivity index (χ0n) is 21.0. The number of nitrogens with zero attached hydrogens (tertiary/aromatic N) is 2. The standard InChI is InChI=1S/C28H29N3O5S/c1-5-11-36-27(33)25-18(2)30-28-31(26(25)20-12-22(34-3)15-23(13-20)35-4)21(17-37-28)14-24(32)29-16-19-9-7-6-8-10-19/h5-10,12-13,15,17,26H,1,11,14,16H2,2-4H3,(H,29,32)/t26-/m0/s1. The number of benzene rings is 2. The molecular weight excluding hydrogens is 490 g/mol. The van der Waals surface area contributed by atoms with Gasteiger partial charge in [-0.15, -0.1) is 0 Å². The van der Waals surface area contributed by atoms with Gasteiger partial charge < -0.3 is 24.4 Å². The topological polar surface area (TPSA) is 89.5 Å². The summed E-state index contributed by atoms with van der Waals surface area (Å²) in [4.78, 5) is 32.8. The SMILES string of the molecule is C=CCOC(=O)C1=C(C)N=C2SC=C(CC(=O)NCc3ccccc3)N2[C@H]1c1cc(OC)cc(OC)c1. The molecule has 0 saturated heterocycles. The van der Waals surface area contributed by atoms with Crippen LogP contribution in [0, 0.1) is 0 Å². The van der Waals surface area contributed by atoms with Gasteiger partial charge in [0.05, 0.1) is 38.0 Å². The molecule has 9 heteroatoms. The number of thioether (sulfide) groups is 1. The van der Waals surface area contributed by atoms with Crippen LogP contribution >= 0.6 is 11.8 Å². The molecule has 0 radical (unpaired) electrons. The van der Waals surface area contributed by atoms with Crippen LogP contribution in [-0.2, 0) is 20.9 Å². The minimum Gasteiger partial charge on any atom is -0.497 e. The molecule has 2 aromatic carbocycles. The van der Waals surface area contributed by atoms with Crippen LogP contribution in [0.3, 0.4) is 0 Å². The van der Waals surface area contributed by atoms with Crippen molar-refractivity contribution >= 4 is 28.8 Å². The summed E-state index contributed by atoms with van der Waals surface area (Å²) in [6.45, 7) is 5.91. The van der Waals surface area contributed by atoms with E-state index >= 15 is 0 Å². The van der Waals surface area contributed by atoms with Gasteiger partial charge in [0.1, 0.15) is 18.1 Å². The first-order valence-electron chi connectivity index (χ1n) is 11.7. The van der Waals surface area contributed by atoms with Gasteiger partial charge in [0.25, 0.3) is 0 Å². The van der Waals surface area contributed by atoms with Crippen LogP contribution in [0.5, 0.6) is 11.5 Å². The summed E-state index contributed by atoms with van der Waals surface area (Å²) in [7, 11) is 3.14.